The van der Waals surface area contributed by atoms with Gasteiger partial charge >= 0.3 is 0 Å². The van der Waals surface area contributed by atoms with E-state index in [4.69, 9.17) is 4.74 Å². The van der Waals surface area contributed by atoms with E-state index in [1.54, 1.807) is 18.2 Å². The second-order valence-electron chi connectivity index (χ2n) is 4.07. The first-order valence-corrected chi connectivity index (χ1v) is 5.12. The summed E-state index contributed by atoms with van der Waals surface area (Å²) < 4.78 is 18.6. The Labute approximate surface area is 88.7 Å². The second kappa shape index (κ2) is 3.49. The molecule has 0 aliphatic heterocycles. The molecule has 1 N–H and O–H groups in total. The van der Waals surface area contributed by atoms with Crippen LogP contribution < -0.4 is 4.74 Å². The maximum absolute atomic E-state index is 13.4. The first-order chi connectivity index (χ1) is 7.08. The third-order valence-corrected chi connectivity index (χ3v) is 2.90. The number of rotatable bonds is 3. The van der Waals surface area contributed by atoms with Crippen molar-refractivity contribution in [2.75, 3.05) is 7.11 Å². The van der Waals surface area contributed by atoms with Crippen molar-refractivity contribution in [2.24, 2.45) is 0 Å². The van der Waals surface area contributed by atoms with Crippen molar-refractivity contribution >= 4 is 0 Å². The van der Waals surface area contributed by atoms with Crippen LogP contribution >= 0.6 is 0 Å². The van der Waals surface area contributed by atoms with Gasteiger partial charge in [-0.3, -0.25) is 0 Å². The lowest BCUT2D eigenvalue weighted by Gasteiger charge is -2.18. The smallest absolute Gasteiger partial charge is 0.125 e. The van der Waals surface area contributed by atoms with Gasteiger partial charge in [0.2, 0.25) is 0 Å². The van der Waals surface area contributed by atoms with E-state index in [9.17, 15) is 9.50 Å². The number of hydrogen-bond acceptors (Lipinski definition) is 2. The minimum Gasteiger partial charge on any atom is -0.496 e. The van der Waals surface area contributed by atoms with Crippen LogP contribution in [0.15, 0.2) is 18.2 Å². The number of alkyl halides is 1. The first kappa shape index (κ1) is 10.4. The lowest BCUT2D eigenvalue weighted by molar-refractivity contribution is 0.144. The molecule has 2 nitrogen and oxygen atoms in total. The Morgan fingerprint density at radius 2 is 2.13 bits per heavy atom. The molecule has 1 atom stereocenters. The minimum absolute atomic E-state index is 0.536. The Morgan fingerprint density at radius 1 is 1.47 bits per heavy atom. The van der Waals surface area contributed by atoms with Gasteiger partial charge in [-0.15, -0.1) is 0 Å². The number of ether oxygens (including phenoxy) is 1. The molecule has 1 fully saturated rings. The summed E-state index contributed by atoms with van der Waals surface area (Å²) in [6, 6.07) is 5.22. The molecule has 3 heteroatoms. The SMILES string of the molecule is COc1cccc(C(C)F)c1C1(O)CC1. The zero-order valence-corrected chi connectivity index (χ0v) is 8.96. The maximum atomic E-state index is 13.4. The normalized spacial score (nSPS) is 19.7. The van der Waals surface area contributed by atoms with Crippen LogP contribution in [0.1, 0.15) is 37.1 Å². The highest BCUT2D eigenvalue weighted by atomic mass is 19.1. The summed E-state index contributed by atoms with van der Waals surface area (Å²) in [5, 5.41) is 10.1. The van der Waals surface area contributed by atoms with Crippen molar-refractivity contribution in [2.45, 2.75) is 31.5 Å². The van der Waals surface area contributed by atoms with Gasteiger partial charge in [-0.2, -0.15) is 0 Å². The van der Waals surface area contributed by atoms with Crippen LogP contribution in [-0.2, 0) is 5.60 Å². The summed E-state index contributed by atoms with van der Waals surface area (Å²) in [6.07, 6.45) is 0.292. The number of methoxy groups -OCH3 is 1. The zero-order chi connectivity index (χ0) is 11.1. The number of benzene rings is 1. The van der Waals surface area contributed by atoms with Crippen molar-refractivity contribution in [3.8, 4) is 5.75 Å². The topological polar surface area (TPSA) is 29.5 Å². The zero-order valence-electron chi connectivity index (χ0n) is 8.96. The fraction of sp³-hybridized carbons (Fsp3) is 0.500. The second-order valence-corrected chi connectivity index (χ2v) is 4.07. The highest BCUT2D eigenvalue weighted by molar-refractivity contribution is 5.47. The van der Waals surface area contributed by atoms with Gasteiger partial charge in [0, 0.05) is 5.56 Å². The molecule has 2 rings (SSSR count). The summed E-state index contributed by atoms with van der Waals surface area (Å²) in [5.41, 5.74) is 0.305. The average Bonchev–Trinajstić information content (AvgIpc) is 2.96. The molecule has 1 saturated carbocycles. The first-order valence-electron chi connectivity index (χ1n) is 5.12. The number of halogens is 1. The fourth-order valence-corrected chi connectivity index (χ4v) is 1.92. The van der Waals surface area contributed by atoms with E-state index in [1.807, 2.05) is 0 Å². The van der Waals surface area contributed by atoms with Crippen LogP contribution in [0.2, 0.25) is 0 Å². The Kier molecular flexibility index (Phi) is 2.43. The molecule has 1 aliphatic rings. The molecule has 0 aromatic heterocycles. The van der Waals surface area contributed by atoms with Gasteiger partial charge in [0.15, 0.2) is 0 Å². The minimum atomic E-state index is -1.08. The van der Waals surface area contributed by atoms with Gasteiger partial charge in [0.05, 0.1) is 12.7 Å². The third kappa shape index (κ3) is 1.72. The lowest BCUT2D eigenvalue weighted by Crippen LogP contribution is -2.11. The van der Waals surface area contributed by atoms with Crippen LogP contribution in [-0.4, -0.2) is 12.2 Å². The maximum Gasteiger partial charge on any atom is 0.125 e. The molecular weight excluding hydrogens is 195 g/mol. The third-order valence-electron chi connectivity index (χ3n) is 2.90. The van der Waals surface area contributed by atoms with Gasteiger partial charge in [0.1, 0.15) is 11.9 Å². The molecule has 0 heterocycles. The van der Waals surface area contributed by atoms with Crippen molar-refractivity contribution in [3.63, 3.8) is 0 Å². The van der Waals surface area contributed by atoms with Crippen molar-refractivity contribution in [3.05, 3.63) is 29.3 Å². The quantitative estimate of drug-likeness (QED) is 0.831. The van der Waals surface area contributed by atoms with E-state index in [2.05, 4.69) is 0 Å². The number of hydrogen-bond donors (Lipinski definition) is 1. The van der Waals surface area contributed by atoms with Crippen molar-refractivity contribution in [1.82, 2.24) is 0 Å². The molecule has 0 saturated heterocycles. The van der Waals surface area contributed by atoms with E-state index in [0.29, 0.717) is 29.7 Å². The Hall–Kier alpha value is -1.09. The predicted octanol–water partition coefficient (Wildman–Crippen LogP) is 2.71. The predicted molar refractivity (Wildman–Crippen MR) is 55.6 cm³/mol. The fourth-order valence-electron chi connectivity index (χ4n) is 1.92. The number of aliphatic hydroxyl groups is 1. The van der Waals surface area contributed by atoms with Gasteiger partial charge in [-0.25, -0.2) is 4.39 Å². The molecule has 0 spiro atoms. The molecule has 0 amide bonds. The van der Waals surface area contributed by atoms with Gasteiger partial charge in [-0.05, 0) is 31.4 Å². The standard InChI is InChI=1S/C12H15FO2/c1-8(13)9-4-3-5-10(15-2)11(9)12(14)6-7-12/h3-5,8,14H,6-7H2,1-2H3. The average molecular weight is 210 g/mol. The summed E-state index contributed by atoms with van der Waals surface area (Å²) >= 11 is 0. The van der Waals surface area contributed by atoms with E-state index >= 15 is 0 Å². The summed E-state index contributed by atoms with van der Waals surface area (Å²) in [7, 11) is 1.54. The van der Waals surface area contributed by atoms with Crippen LogP contribution in [0.3, 0.4) is 0 Å². The van der Waals surface area contributed by atoms with Crippen molar-refractivity contribution < 1.29 is 14.2 Å². The lowest BCUT2D eigenvalue weighted by atomic mass is 9.97. The van der Waals surface area contributed by atoms with Crippen LogP contribution in [0.4, 0.5) is 4.39 Å². The Morgan fingerprint density at radius 3 is 2.60 bits per heavy atom. The Balaban J connectivity index is 2.55. The molecule has 82 valence electrons. The Bertz CT molecular complexity index is 370. The van der Waals surface area contributed by atoms with Crippen LogP contribution in [0.25, 0.3) is 0 Å². The highest BCUT2D eigenvalue weighted by Gasteiger charge is 2.46. The summed E-state index contributed by atoms with van der Waals surface area (Å²) in [5.74, 6) is 0.581. The molecule has 1 aromatic carbocycles. The molecule has 1 aliphatic carbocycles. The molecule has 0 bridgehead atoms. The summed E-state index contributed by atoms with van der Waals surface area (Å²) in [4.78, 5) is 0. The van der Waals surface area contributed by atoms with Gasteiger partial charge in [0.25, 0.3) is 0 Å². The molecular formula is C12H15FO2. The van der Waals surface area contributed by atoms with E-state index in [-0.39, 0.29) is 0 Å². The molecule has 1 aromatic rings. The van der Waals surface area contributed by atoms with E-state index in [1.165, 1.54) is 14.0 Å². The van der Waals surface area contributed by atoms with Crippen LogP contribution in [0.5, 0.6) is 5.75 Å². The molecule has 15 heavy (non-hydrogen) atoms. The van der Waals surface area contributed by atoms with E-state index < -0.39 is 11.8 Å². The van der Waals surface area contributed by atoms with Gasteiger partial charge < -0.3 is 9.84 Å². The largest absolute Gasteiger partial charge is 0.496 e. The van der Waals surface area contributed by atoms with Crippen LogP contribution in [0, 0.1) is 0 Å². The summed E-state index contributed by atoms with van der Waals surface area (Å²) in [6.45, 7) is 1.48. The van der Waals surface area contributed by atoms with Crippen molar-refractivity contribution in [1.29, 1.82) is 0 Å². The monoisotopic (exact) mass is 210 g/mol. The molecule has 0 radical (unpaired) electrons. The van der Waals surface area contributed by atoms with Gasteiger partial charge in [-0.1, -0.05) is 12.1 Å². The highest BCUT2D eigenvalue weighted by Crippen LogP contribution is 2.51. The van der Waals surface area contributed by atoms with E-state index in [0.717, 1.165) is 0 Å². The molecule has 1 unspecified atom stereocenters.